The van der Waals surface area contributed by atoms with Gasteiger partial charge in [0, 0.05) is 82.0 Å². The molecular formula is C111H85BN4. The Morgan fingerprint density at radius 2 is 0.517 bits per heavy atom. The summed E-state index contributed by atoms with van der Waals surface area (Å²) in [5.41, 5.74) is 33.6. The Morgan fingerprint density at radius 1 is 0.241 bits per heavy atom. The molecule has 0 aliphatic carbocycles. The summed E-state index contributed by atoms with van der Waals surface area (Å²) in [5.74, 6) is 0. The number of nitrogens with zero attached hydrogens (tertiary/aromatic N) is 4. The van der Waals surface area contributed by atoms with Gasteiger partial charge in [-0.1, -0.05) is 321 Å². The molecule has 4 heterocycles. The molecule has 21 rings (SSSR count). The second-order valence-corrected chi connectivity index (χ2v) is 33.4. The van der Waals surface area contributed by atoms with Gasteiger partial charge in [0.1, 0.15) is 0 Å². The Morgan fingerprint density at radius 3 is 0.845 bits per heavy atom. The monoisotopic (exact) mass is 1490 g/mol. The summed E-state index contributed by atoms with van der Waals surface area (Å²) in [6.45, 7) is 10.8. The number of fused-ring (bicyclic) bond motifs is 10. The second kappa shape index (κ2) is 27.7. The summed E-state index contributed by atoms with van der Waals surface area (Å²) in [5, 5.41) is 4.63. The zero-order valence-electron chi connectivity index (χ0n) is 68.8. The van der Waals surface area contributed by atoms with E-state index in [2.05, 4.69) is 437 Å². The van der Waals surface area contributed by atoms with Gasteiger partial charge in [0.05, 0.1) is 33.4 Å². The summed E-state index contributed by atoms with van der Waals surface area (Å²) < 4.78 is 35.4. The van der Waals surface area contributed by atoms with Crippen LogP contribution < -0.4 is 26.2 Å². The van der Waals surface area contributed by atoms with E-state index in [0.717, 1.165) is 206 Å². The molecule has 19 aromatic rings. The van der Waals surface area contributed by atoms with Gasteiger partial charge in [-0.2, -0.15) is 0 Å². The summed E-state index contributed by atoms with van der Waals surface area (Å²) in [4.78, 5) is 5.02. The predicted molar refractivity (Wildman–Crippen MR) is 495 cm³/mol. The molecule has 2 aromatic heterocycles. The molecule has 552 valence electrons. The maximum absolute atomic E-state index is 10.2. The van der Waals surface area contributed by atoms with Gasteiger partial charge in [-0.15, -0.1) is 0 Å². The Labute approximate surface area is 684 Å². The van der Waals surface area contributed by atoms with Crippen LogP contribution in [0.1, 0.15) is 62.3 Å². The third-order valence-corrected chi connectivity index (χ3v) is 24.2. The lowest BCUT2D eigenvalue weighted by Crippen LogP contribution is -2.61. The van der Waals surface area contributed by atoms with Crippen LogP contribution in [-0.2, 0) is 10.8 Å². The molecule has 0 fully saturated rings. The zero-order chi connectivity index (χ0) is 80.6. The average Bonchev–Trinajstić information content (AvgIpc) is 0.974. The molecule has 116 heavy (non-hydrogen) atoms. The number of benzene rings is 17. The number of hydrogen-bond donors (Lipinski definition) is 0. The van der Waals surface area contributed by atoms with Crippen molar-refractivity contribution in [1.29, 1.82) is 0 Å². The molecule has 5 heteroatoms. The fourth-order valence-corrected chi connectivity index (χ4v) is 18.6. The number of hydrogen-bond acceptors (Lipinski definition) is 2. The van der Waals surface area contributed by atoms with E-state index >= 15 is 0 Å². The topological polar surface area (TPSA) is 16.3 Å². The molecule has 0 radical (unpaired) electrons. The van der Waals surface area contributed by atoms with Gasteiger partial charge in [0.25, 0.3) is 6.71 Å². The van der Waals surface area contributed by atoms with E-state index in [1.54, 1.807) is 0 Å². The number of rotatable bonds is 12. The molecule has 2 aliphatic rings. The third-order valence-electron chi connectivity index (χ3n) is 24.2. The van der Waals surface area contributed by atoms with Gasteiger partial charge in [-0.3, -0.25) is 0 Å². The van der Waals surface area contributed by atoms with Crippen molar-refractivity contribution in [2.75, 3.05) is 9.80 Å². The first kappa shape index (κ1) is 66.6. The van der Waals surface area contributed by atoms with Crippen molar-refractivity contribution >= 4 is 101 Å². The van der Waals surface area contributed by atoms with E-state index < -0.39 is 13.6 Å². The van der Waals surface area contributed by atoms with Crippen LogP contribution in [0.3, 0.4) is 0 Å². The molecule has 0 spiro atoms. The summed E-state index contributed by atoms with van der Waals surface area (Å²) in [6.07, 6.45) is 0. The minimum absolute atomic E-state index is 0.216. The smallest absolute Gasteiger partial charge is 0.252 e. The molecule has 2 aliphatic heterocycles. The SMILES string of the molecule is [2H]C([2H])([2H])c1cc2c3c(c1)N(c1c(-c4ccccc4)cc(C(C)(C)C)cc1-c1cccc(-c4cccc(-c5ccccc5)c4)c1)c1cc(-n4c5ccccc5c5ccccc54)ccc1B3c1ccc(-n3c4ccccc4c4ccccc43)cc1N2c1c(-c2ccccc2)cc(C(C)(C)C)cc1-c1cccc(-c2cccc(-c3ccccc3)c2)c1. The van der Waals surface area contributed by atoms with Crippen LogP contribution in [0.25, 0.3) is 144 Å². The maximum atomic E-state index is 10.2. The molecular weight excluding hydrogens is 1400 g/mol. The van der Waals surface area contributed by atoms with Crippen molar-refractivity contribution in [1.82, 2.24) is 9.13 Å². The van der Waals surface area contributed by atoms with Crippen molar-refractivity contribution in [2.24, 2.45) is 0 Å². The molecule has 0 atom stereocenters. The Bertz CT molecular complexity index is 6720. The van der Waals surface area contributed by atoms with Gasteiger partial charge in [-0.05, 0) is 227 Å². The van der Waals surface area contributed by atoms with E-state index in [9.17, 15) is 4.11 Å². The fraction of sp³-hybridized carbons (Fsp3) is 0.0811. The molecule has 17 aromatic carbocycles. The maximum Gasteiger partial charge on any atom is 0.252 e. The Hall–Kier alpha value is -14.0. The summed E-state index contributed by atoms with van der Waals surface area (Å²) in [7, 11) is 0. The first-order valence-electron chi connectivity index (χ1n) is 42.0. The third kappa shape index (κ3) is 11.8. The van der Waals surface area contributed by atoms with Gasteiger partial charge in [0.15, 0.2) is 0 Å². The van der Waals surface area contributed by atoms with Gasteiger partial charge < -0.3 is 18.9 Å². The summed E-state index contributed by atoms with van der Waals surface area (Å²) in [6, 6.07) is 142. The van der Waals surface area contributed by atoms with E-state index in [1.165, 1.54) is 0 Å². The first-order valence-corrected chi connectivity index (χ1v) is 40.5. The standard InChI is InChI=1S/C111H85BN4/c1-72-60-105-107-106(61-72)116(109-94(76-38-18-11-19-39-76)67-86(111(5,6)7)69-96(109)84-47-31-45-82(65-84)80-43-29-41-78(63-80)74-34-14-9-15-35-74)104-71-88(114-101-54-26-22-50-91(101)92-51-23-27-55-102(92)114)57-59-98(104)112(107)97-58-56-87(113-99-52-24-20-48-89(99)90-49-21-25-53-100(90)113)70-103(97)115(105)108-93(75-36-16-10-17-37-75)66-85(110(2,3)4)68-95(108)83-46-30-44-81(64-83)79-42-28-40-77(62-79)73-32-12-8-13-33-73/h8-71H,1-7H3/i1D3. The lowest BCUT2D eigenvalue weighted by atomic mass is 9.33. The average molecular weight is 1490 g/mol. The number of para-hydroxylation sites is 4. The van der Waals surface area contributed by atoms with Crippen LogP contribution in [0, 0.1) is 6.85 Å². The highest BCUT2D eigenvalue weighted by molar-refractivity contribution is 7.00. The van der Waals surface area contributed by atoms with Crippen LogP contribution in [0.15, 0.2) is 388 Å². The Balaban J connectivity index is 0.918. The normalized spacial score (nSPS) is 13.1. The van der Waals surface area contributed by atoms with E-state index in [4.69, 9.17) is 0 Å². The quantitative estimate of drug-likeness (QED) is 0.113. The predicted octanol–water partition coefficient (Wildman–Crippen LogP) is 28.2. The second-order valence-electron chi connectivity index (χ2n) is 33.4. The number of aromatic nitrogens is 2. The molecule has 0 saturated carbocycles. The van der Waals surface area contributed by atoms with Crippen molar-refractivity contribution < 1.29 is 4.11 Å². The zero-order valence-corrected chi connectivity index (χ0v) is 65.8. The first-order chi connectivity index (χ1) is 57.9. The van der Waals surface area contributed by atoms with Crippen LogP contribution in [0.4, 0.5) is 34.1 Å². The fourth-order valence-electron chi connectivity index (χ4n) is 18.6. The van der Waals surface area contributed by atoms with Crippen molar-refractivity contribution in [3.63, 3.8) is 0 Å². The lowest BCUT2D eigenvalue weighted by Gasteiger charge is -2.46. The van der Waals surface area contributed by atoms with Crippen LogP contribution in [0.2, 0.25) is 0 Å². The van der Waals surface area contributed by atoms with Crippen LogP contribution in [-0.4, -0.2) is 15.8 Å². The molecule has 0 N–H and O–H groups in total. The number of aryl methyl sites for hydroxylation is 1. The minimum atomic E-state index is -2.64. The van der Waals surface area contributed by atoms with Crippen molar-refractivity contribution in [2.45, 2.75) is 59.2 Å². The van der Waals surface area contributed by atoms with Crippen LogP contribution in [0.5, 0.6) is 0 Å². The van der Waals surface area contributed by atoms with E-state index in [-0.39, 0.29) is 16.4 Å². The van der Waals surface area contributed by atoms with Crippen molar-refractivity contribution in [3.8, 4) is 100 Å². The van der Waals surface area contributed by atoms with E-state index in [0.29, 0.717) is 0 Å². The molecule has 4 nitrogen and oxygen atoms in total. The van der Waals surface area contributed by atoms with Gasteiger partial charge >= 0.3 is 0 Å². The largest absolute Gasteiger partial charge is 0.310 e. The van der Waals surface area contributed by atoms with E-state index in [1.807, 2.05) is 12.1 Å². The van der Waals surface area contributed by atoms with Crippen molar-refractivity contribution in [3.05, 3.63) is 405 Å². The molecule has 0 unspecified atom stereocenters. The highest BCUT2D eigenvalue weighted by Crippen LogP contribution is 2.56. The number of anilines is 6. The highest BCUT2D eigenvalue weighted by atomic mass is 15.2. The summed E-state index contributed by atoms with van der Waals surface area (Å²) >= 11 is 0. The highest BCUT2D eigenvalue weighted by Gasteiger charge is 2.46. The Kier molecular flexibility index (Phi) is 15.9. The van der Waals surface area contributed by atoms with Gasteiger partial charge in [0.2, 0.25) is 0 Å². The lowest BCUT2D eigenvalue weighted by molar-refractivity contribution is 0.590. The molecule has 0 amide bonds. The molecule has 0 saturated heterocycles. The minimum Gasteiger partial charge on any atom is -0.310 e. The van der Waals surface area contributed by atoms with Gasteiger partial charge in [-0.25, -0.2) is 0 Å². The van der Waals surface area contributed by atoms with Crippen LogP contribution >= 0.6 is 0 Å². The molecule has 0 bridgehead atoms.